The third-order valence-electron chi connectivity index (χ3n) is 4.37. The van der Waals surface area contributed by atoms with Gasteiger partial charge in [-0.25, -0.2) is 4.79 Å². The number of hydrogen-bond donors (Lipinski definition) is 1. The molecule has 0 aliphatic rings. The van der Waals surface area contributed by atoms with E-state index in [4.69, 9.17) is 9.47 Å². The highest BCUT2D eigenvalue weighted by Gasteiger charge is 2.17. The molecule has 3 aromatic carbocycles. The molecule has 0 saturated heterocycles. The number of urea groups is 1. The predicted octanol–water partition coefficient (Wildman–Crippen LogP) is 4.94. The Morgan fingerprint density at radius 3 is 1.89 bits per heavy atom. The first-order valence-corrected chi connectivity index (χ1v) is 9.05. The second-order valence-electron chi connectivity index (χ2n) is 6.32. The zero-order valence-corrected chi connectivity index (χ0v) is 16.1. The van der Waals surface area contributed by atoms with E-state index in [-0.39, 0.29) is 6.03 Å². The highest BCUT2D eigenvalue weighted by molar-refractivity contribution is 5.91. The minimum absolute atomic E-state index is 0.198. The minimum Gasteiger partial charge on any atom is -0.497 e. The first-order valence-electron chi connectivity index (χ1n) is 9.05. The lowest BCUT2D eigenvalue weighted by atomic mass is 10.2. The number of methoxy groups -OCH3 is 2. The number of anilines is 1. The molecule has 0 aromatic heterocycles. The lowest BCUT2D eigenvalue weighted by Gasteiger charge is -2.24. The van der Waals surface area contributed by atoms with Gasteiger partial charge in [-0.15, -0.1) is 0 Å². The van der Waals surface area contributed by atoms with Crippen LogP contribution in [0.15, 0.2) is 78.9 Å². The third kappa shape index (κ3) is 5.04. The van der Waals surface area contributed by atoms with E-state index >= 15 is 0 Å². The van der Waals surface area contributed by atoms with Crippen LogP contribution in [0, 0.1) is 0 Å². The van der Waals surface area contributed by atoms with Crippen molar-refractivity contribution in [2.45, 2.75) is 13.1 Å². The molecule has 3 rings (SSSR count). The van der Waals surface area contributed by atoms with Gasteiger partial charge in [-0.2, -0.15) is 0 Å². The molecule has 5 heteroatoms. The number of rotatable bonds is 7. The minimum atomic E-state index is -0.198. The predicted molar refractivity (Wildman–Crippen MR) is 111 cm³/mol. The molecule has 144 valence electrons. The molecule has 0 saturated carbocycles. The molecule has 0 spiro atoms. The van der Waals surface area contributed by atoms with Gasteiger partial charge in [0.25, 0.3) is 0 Å². The van der Waals surface area contributed by atoms with Gasteiger partial charge in [0, 0.05) is 19.2 Å². The van der Waals surface area contributed by atoms with E-state index in [1.165, 1.54) is 0 Å². The van der Waals surface area contributed by atoms with Crippen molar-refractivity contribution in [1.82, 2.24) is 4.90 Å². The molecule has 0 atom stereocenters. The van der Waals surface area contributed by atoms with E-state index in [0.29, 0.717) is 30.3 Å². The van der Waals surface area contributed by atoms with Gasteiger partial charge >= 0.3 is 6.03 Å². The van der Waals surface area contributed by atoms with E-state index in [1.807, 2.05) is 60.7 Å². The SMILES string of the molecule is COc1ccc(NC(=O)N(Cc2ccccc2)Cc2ccccc2)c(OC)c1. The van der Waals surface area contributed by atoms with Crippen LogP contribution in [-0.4, -0.2) is 25.2 Å². The lowest BCUT2D eigenvalue weighted by molar-refractivity contribution is 0.206. The van der Waals surface area contributed by atoms with Crippen molar-refractivity contribution in [3.63, 3.8) is 0 Å². The molecule has 0 aliphatic heterocycles. The van der Waals surface area contributed by atoms with Gasteiger partial charge in [0.1, 0.15) is 11.5 Å². The number of nitrogens with one attached hydrogen (secondary N) is 1. The molecule has 3 aromatic rings. The third-order valence-corrected chi connectivity index (χ3v) is 4.37. The Morgan fingerprint density at radius 1 is 0.821 bits per heavy atom. The van der Waals surface area contributed by atoms with Gasteiger partial charge in [-0.3, -0.25) is 0 Å². The van der Waals surface area contributed by atoms with E-state index < -0.39 is 0 Å². The first-order chi connectivity index (χ1) is 13.7. The monoisotopic (exact) mass is 376 g/mol. The lowest BCUT2D eigenvalue weighted by Crippen LogP contribution is -2.34. The van der Waals surface area contributed by atoms with Gasteiger partial charge in [0.05, 0.1) is 19.9 Å². The van der Waals surface area contributed by atoms with Crippen molar-refractivity contribution in [2.75, 3.05) is 19.5 Å². The Balaban J connectivity index is 1.81. The average Bonchev–Trinajstić information content (AvgIpc) is 2.75. The van der Waals surface area contributed by atoms with Crippen LogP contribution in [0.2, 0.25) is 0 Å². The Bertz CT molecular complexity index is 857. The number of nitrogens with zero attached hydrogens (tertiary/aromatic N) is 1. The zero-order valence-electron chi connectivity index (χ0n) is 16.1. The largest absolute Gasteiger partial charge is 0.497 e. The molecule has 5 nitrogen and oxygen atoms in total. The standard InChI is InChI=1S/C23H24N2O3/c1-27-20-13-14-21(22(15-20)28-2)24-23(26)25(16-18-9-5-3-6-10-18)17-19-11-7-4-8-12-19/h3-15H,16-17H2,1-2H3,(H,24,26). The summed E-state index contributed by atoms with van der Waals surface area (Å²) in [7, 11) is 3.16. The number of hydrogen-bond acceptors (Lipinski definition) is 3. The van der Waals surface area contributed by atoms with Crippen LogP contribution >= 0.6 is 0 Å². The summed E-state index contributed by atoms with van der Waals surface area (Å²) in [5.41, 5.74) is 2.73. The van der Waals surface area contributed by atoms with Crippen LogP contribution in [-0.2, 0) is 13.1 Å². The summed E-state index contributed by atoms with van der Waals surface area (Å²) in [5.74, 6) is 1.22. The van der Waals surface area contributed by atoms with Crippen molar-refractivity contribution in [1.29, 1.82) is 0 Å². The number of carbonyl (C=O) groups excluding carboxylic acids is 1. The maximum Gasteiger partial charge on any atom is 0.322 e. The van der Waals surface area contributed by atoms with Gasteiger partial charge in [-0.1, -0.05) is 60.7 Å². The van der Waals surface area contributed by atoms with Crippen molar-refractivity contribution >= 4 is 11.7 Å². The van der Waals surface area contributed by atoms with Crippen LogP contribution in [0.25, 0.3) is 0 Å². The van der Waals surface area contributed by atoms with Crippen LogP contribution < -0.4 is 14.8 Å². The van der Waals surface area contributed by atoms with E-state index in [2.05, 4.69) is 5.32 Å². The molecule has 0 radical (unpaired) electrons. The van der Waals surface area contributed by atoms with Gasteiger partial charge < -0.3 is 19.7 Å². The fraction of sp³-hybridized carbons (Fsp3) is 0.174. The second-order valence-corrected chi connectivity index (χ2v) is 6.32. The van der Waals surface area contributed by atoms with Crippen molar-refractivity contribution in [3.8, 4) is 11.5 Å². The Labute approximate surface area is 165 Å². The number of carbonyl (C=O) groups is 1. The van der Waals surface area contributed by atoms with E-state index in [0.717, 1.165) is 11.1 Å². The molecular weight excluding hydrogens is 352 g/mol. The summed E-state index contributed by atoms with van der Waals surface area (Å²) in [6.07, 6.45) is 0. The second kappa shape index (κ2) is 9.46. The van der Waals surface area contributed by atoms with E-state index in [9.17, 15) is 4.79 Å². The quantitative estimate of drug-likeness (QED) is 0.635. The summed E-state index contributed by atoms with van der Waals surface area (Å²) >= 11 is 0. The maximum atomic E-state index is 13.1. The summed E-state index contributed by atoms with van der Waals surface area (Å²) in [6.45, 7) is 1.00. The molecular formula is C23H24N2O3. The highest BCUT2D eigenvalue weighted by Crippen LogP contribution is 2.29. The molecule has 0 heterocycles. The van der Waals surface area contributed by atoms with Crippen molar-refractivity contribution in [2.24, 2.45) is 0 Å². The molecule has 28 heavy (non-hydrogen) atoms. The highest BCUT2D eigenvalue weighted by atomic mass is 16.5. The van der Waals surface area contributed by atoms with Crippen LogP contribution in [0.5, 0.6) is 11.5 Å². The first kappa shape index (κ1) is 19.3. The Morgan fingerprint density at radius 2 is 1.39 bits per heavy atom. The fourth-order valence-electron chi connectivity index (χ4n) is 2.90. The van der Waals surface area contributed by atoms with Crippen molar-refractivity contribution < 1.29 is 14.3 Å². The Hall–Kier alpha value is -3.47. The number of ether oxygens (including phenoxy) is 2. The normalized spacial score (nSPS) is 10.2. The average molecular weight is 376 g/mol. The fourth-order valence-corrected chi connectivity index (χ4v) is 2.90. The number of amides is 2. The summed E-state index contributed by atoms with van der Waals surface area (Å²) in [6, 6.07) is 25.0. The van der Waals surface area contributed by atoms with Gasteiger partial charge in [0.15, 0.2) is 0 Å². The Kier molecular flexibility index (Phi) is 6.52. The van der Waals surface area contributed by atoms with Crippen LogP contribution in [0.3, 0.4) is 0 Å². The zero-order chi connectivity index (χ0) is 19.8. The topological polar surface area (TPSA) is 50.8 Å². The van der Waals surface area contributed by atoms with Gasteiger partial charge in [0.2, 0.25) is 0 Å². The van der Waals surface area contributed by atoms with Gasteiger partial charge in [-0.05, 0) is 23.3 Å². The molecule has 0 unspecified atom stereocenters. The molecule has 0 aliphatic carbocycles. The summed E-state index contributed by atoms with van der Waals surface area (Å²) in [4.78, 5) is 14.8. The van der Waals surface area contributed by atoms with Crippen LogP contribution in [0.4, 0.5) is 10.5 Å². The van der Waals surface area contributed by atoms with Crippen LogP contribution in [0.1, 0.15) is 11.1 Å². The smallest absolute Gasteiger partial charge is 0.322 e. The summed E-state index contributed by atoms with van der Waals surface area (Å²) < 4.78 is 10.6. The van der Waals surface area contributed by atoms with Crippen molar-refractivity contribution in [3.05, 3.63) is 90.0 Å². The molecule has 1 N–H and O–H groups in total. The number of benzene rings is 3. The molecule has 0 fully saturated rings. The maximum absolute atomic E-state index is 13.1. The summed E-state index contributed by atoms with van der Waals surface area (Å²) in [5, 5.41) is 2.96. The van der Waals surface area contributed by atoms with E-state index in [1.54, 1.807) is 37.3 Å². The molecule has 2 amide bonds. The molecule has 0 bridgehead atoms.